The Labute approximate surface area is 219 Å². The van der Waals surface area contributed by atoms with E-state index in [2.05, 4.69) is 39.8 Å². The van der Waals surface area contributed by atoms with Crippen LogP contribution in [-0.4, -0.2) is 56.1 Å². The molecule has 0 N–H and O–H groups in total. The van der Waals surface area contributed by atoms with E-state index in [1.165, 1.54) is 4.31 Å². The van der Waals surface area contributed by atoms with Crippen LogP contribution in [0.5, 0.6) is 5.75 Å². The molecule has 5 rings (SSSR count). The average Bonchev–Trinajstić information content (AvgIpc) is 3.28. The first-order valence-electron chi connectivity index (χ1n) is 12.8. The third-order valence-corrected chi connectivity index (χ3v) is 8.92. The first kappa shape index (κ1) is 25.3. The number of benzene rings is 3. The van der Waals surface area contributed by atoms with Gasteiger partial charge in [0.25, 0.3) is 0 Å². The number of hydrogen-bond acceptors (Lipinski definition) is 5. The van der Waals surface area contributed by atoms with Gasteiger partial charge in [-0.25, -0.2) is 17.7 Å². The van der Waals surface area contributed by atoms with Gasteiger partial charge < -0.3 is 14.2 Å². The van der Waals surface area contributed by atoms with Gasteiger partial charge in [-0.15, -0.1) is 0 Å². The number of rotatable bonds is 8. The van der Waals surface area contributed by atoms with Crippen LogP contribution >= 0.6 is 0 Å². The van der Waals surface area contributed by atoms with Gasteiger partial charge >= 0.3 is 0 Å². The number of ether oxygens (including phenoxy) is 1. The number of hydrogen-bond donors (Lipinski definition) is 0. The molecule has 1 aliphatic heterocycles. The Morgan fingerprint density at radius 1 is 0.973 bits per heavy atom. The number of nitrogens with zero attached hydrogens (tertiary/aromatic N) is 4. The van der Waals surface area contributed by atoms with E-state index in [0.717, 1.165) is 66.3 Å². The molecule has 0 saturated carbocycles. The second-order valence-corrected chi connectivity index (χ2v) is 11.9. The Morgan fingerprint density at radius 2 is 1.70 bits per heavy atom. The van der Waals surface area contributed by atoms with E-state index < -0.39 is 10.0 Å². The van der Waals surface area contributed by atoms with Gasteiger partial charge in [-0.05, 0) is 74.2 Å². The molecular weight excluding hydrogens is 484 g/mol. The molecule has 1 saturated heterocycles. The molecule has 0 bridgehead atoms. The summed E-state index contributed by atoms with van der Waals surface area (Å²) in [7, 11) is -0.307. The van der Waals surface area contributed by atoms with E-state index in [1.807, 2.05) is 37.3 Å². The second-order valence-electron chi connectivity index (χ2n) is 9.71. The van der Waals surface area contributed by atoms with Crippen LogP contribution in [0.4, 0.5) is 5.69 Å². The summed E-state index contributed by atoms with van der Waals surface area (Å²) in [6.07, 6.45) is 2.12. The zero-order valence-electron chi connectivity index (χ0n) is 21.7. The van der Waals surface area contributed by atoms with Crippen molar-refractivity contribution in [3.8, 4) is 17.1 Å². The van der Waals surface area contributed by atoms with Gasteiger partial charge in [0, 0.05) is 45.0 Å². The highest BCUT2D eigenvalue weighted by Crippen LogP contribution is 2.31. The van der Waals surface area contributed by atoms with Crippen molar-refractivity contribution in [2.24, 2.45) is 5.92 Å². The third kappa shape index (κ3) is 5.22. The minimum Gasteiger partial charge on any atom is -0.494 e. The lowest BCUT2D eigenvalue weighted by Gasteiger charge is -2.34. The Balaban J connectivity index is 1.33. The van der Waals surface area contributed by atoms with Crippen LogP contribution in [0.25, 0.3) is 22.4 Å². The summed E-state index contributed by atoms with van der Waals surface area (Å²) < 4.78 is 34.1. The molecule has 0 atom stereocenters. The Morgan fingerprint density at radius 3 is 2.41 bits per heavy atom. The molecule has 0 radical (unpaired) electrons. The number of fused-ring (bicyclic) bond motifs is 1. The van der Waals surface area contributed by atoms with Crippen molar-refractivity contribution >= 4 is 26.7 Å². The highest BCUT2D eigenvalue weighted by atomic mass is 32.2. The first-order chi connectivity index (χ1) is 17.9. The molecule has 7 nitrogen and oxygen atoms in total. The summed E-state index contributed by atoms with van der Waals surface area (Å²) >= 11 is 0. The maximum absolute atomic E-state index is 12.4. The van der Waals surface area contributed by atoms with Crippen LogP contribution in [0.3, 0.4) is 0 Å². The SMILES string of the molecule is CCOc1cccc(-c2nc3ccccc3n2CC2CCN(c3ccc(S(=O)(=O)N(C)C)cc3)CC2)c1. The zero-order valence-corrected chi connectivity index (χ0v) is 22.5. The van der Waals surface area contributed by atoms with Gasteiger partial charge in [0.1, 0.15) is 11.6 Å². The summed E-state index contributed by atoms with van der Waals surface area (Å²) in [6.45, 7) is 5.40. The standard InChI is InChI=1S/C29H34N4O3S/c1-4-36-25-9-7-8-23(20-25)29-30-27-10-5-6-11-28(27)33(29)21-22-16-18-32(19-17-22)24-12-14-26(15-13-24)37(34,35)31(2)3/h5-15,20,22H,4,16-19,21H2,1-3H3. The van der Waals surface area contributed by atoms with Crippen molar-refractivity contribution in [3.05, 3.63) is 72.8 Å². The van der Waals surface area contributed by atoms with Crippen LogP contribution < -0.4 is 9.64 Å². The van der Waals surface area contributed by atoms with Gasteiger partial charge in [0.05, 0.1) is 22.5 Å². The smallest absolute Gasteiger partial charge is 0.242 e. The van der Waals surface area contributed by atoms with Crippen molar-refractivity contribution < 1.29 is 13.2 Å². The fraction of sp³-hybridized carbons (Fsp3) is 0.345. The Hall–Kier alpha value is -3.36. The molecule has 2 heterocycles. The largest absolute Gasteiger partial charge is 0.494 e. The van der Waals surface area contributed by atoms with E-state index in [9.17, 15) is 8.42 Å². The minimum absolute atomic E-state index is 0.323. The van der Waals surface area contributed by atoms with E-state index in [4.69, 9.17) is 9.72 Å². The van der Waals surface area contributed by atoms with Crippen LogP contribution in [0.2, 0.25) is 0 Å². The van der Waals surface area contributed by atoms with Crippen molar-refractivity contribution in [3.63, 3.8) is 0 Å². The number of sulfonamides is 1. The summed E-state index contributed by atoms with van der Waals surface area (Å²) in [5.41, 5.74) is 4.29. The van der Waals surface area contributed by atoms with Gasteiger partial charge in [0.2, 0.25) is 10.0 Å². The predicted octanol–water partition coefficient (Wildman–Crippen LogP) is 5.27. The Kier molecular flexibility index (Phi) is 7.22. The predicted molar refractivity (Wildman–Crippen MR) is 149 cm³/mol. The van der Waals surface area contributed by atoms with Gasteiger partial charge in [-0.3, -0.25) is 0 Å². The second kappa shape index (κ2) is 10.6. The fourth-order valence-corrected chi connectivity index (χ4v) is 5.95. The van der Waals surface area contributed by atoms with Crippen LogP contribution in [0.1, 0.15) is 19.8 Å². The summed E-state index contributed by atoms with van der Waals surface area (Å²) in [4.78, 5) is 7.67. The zero-order chi connectivity index (χ0) is 26.0. The molecule has 37 heavy (non-hydrogen) atoms. The average molecular weight is 519 g/mol. The van der Waals surface area contributed by atoms with Crippen molar-refractivity contribution in [2.75, 3.05) is 38.7 Å². The molecule has 1 aliphatic rings. The molecule has 0 unspecified atom stereocenters. The van der Waals surface area contributed by atoms with E-state index in [-0.39, 0.29) is 0 Å². The molecule has 1 aromatic heterocycles. The van der Waals surface area contributed by atoms with Crippen molar-refractivity contribution in [1.29, 1.82) is 0 Å². The van der Waals surface area contributed by atoms with E-state index in [0.29, 0.717) is 17.4 Å². The molecule has 0 spiro atoms. The molecule has 0 amide bonds. The summed E-state index contributed by atoms with van der Waals surface area (Å²) in [5, 5.41) is 0. The topological polar surface area (TPSA) is 67.7 Å². The molecule has 4 aromatic rings. The summed E-state index contributed by atoms with van der Waals surface area (Å²) in [6, 6.07) is 23.8. The van der Waals surface area contributed by atoms with Crippen LogP contribution in [0, 0.1) is 5.92 Å². The maximum Gasteiger partial charge on any atom is 0.242 e. The monoisotopic (exact) mass is 518 g/mol. The normalized spacial score (nSPS) is 15.0. The van der Waals surface area contributed by atoms with Gasteiger partial charge in [0.15, 0.2) is 0 Å². The molecule has 0 aliphatic carbocycles. The lowest BCUT2D eigenvalue weighted by atomic mass is 9.96. The molecule has 1 fully saturated rings. The van der Waals surface area contributed by atoms with Gasteiger partial charge in [-0.2, -0.15) is 0 Å². The summed E-state index contributed by atoms with van der Waals surface area (Å²) in [5.74, 6) is 2.36. The van der Waals surface area contributed by atoms with E-state index in [1.54, 1.807) is 26.2 Å². The third-order valence-electron chi connectivity index (χ3n) is 7.09. The quantitative estimate of drug-likeness (QED) is 0.318. The lowest BCUT2D eigenvalue weighted by molar-refractivity contribution is 0.340. The van der Waals surface area contributed by atoms with Crippen LogP contribution in [0.15, 0.2) is 77.7 Å². The van der Waals surface area contributed by atoms with Crippen LogP contribution in [-0.2, 0) is 16.6 Å². The van der Waals surface area contributed by atoms with Gasteiger partial charge in [-0.1, -0.05) is 24.3 Å². The first-order valence-corrected chi connectivity index (χ1v) is 14.3. The number of imidazole rings is 1. The molecular formula is C29H34N4O3S. The highest BCUT2D eigenvalue weighted by Gasteiger charge is 2.23. The number of piperidine rings is 1. The number of anilines is 1. The minimum atomic E-state index is -3.42. The molecule has 3 aromatic carbocycles. The van der Waals surface area contributed by atoms with Crippen molar-refractivity contribution in [2.45, 2.75) is 31.2 Å². The highest BCUT2D eigenvalue weighted by molar-refractivity contribution is 7.89. The molecule has 194 valence electrons. The van der Waals surface area contributed by atoms with Crippen molar-refractivity contribution in [1.82, 2.24) is 13.9 Å². The molecule has 8 heteroatoms. The Bertz CT molecular complexity index is 1470. The maximum atomic E-state index is 12.4. The number of aromatic nitrogens is 2. The lowest BCUT2D eigenvalue weighted by Crippen LogP contribution is -2.35. The fourth-order valence-electron chi connectivity index (χ4n) is 5.04. The number of para-hydroxylation sites is 2. The van der Waals surface area contributed by atoms with E-state index >= 15 is 0 Å².